The van der Waals surface area contributed by atoms with Gasteiger partial charge in [0.25, 0.3) is 0 Å². The summed E-state index contributed by atoms with van der Waals surface area (Å²) < 4.78 is 0. The summed E-state index contributed by atoms with van der Waals surface area (Å²) in [7, 11) is 0. The SMILES string of the molecule is CCC(C)(C)[C@H](C)C(C)C. The molecule has 0 nitrogen and oxygen atoms in total. The molecular formula is C10H22. The van der Waals surface area contributed by atoms with Gasteiger partial charge in [0, 0.05) is 0 Å². The van der Waals surface area contributed by atoms with Gasteiger partial charge in [-0.25, -0.2) is 0 Å². The minimum Gasteiger partial charge on any atom is -0.0649 e. The van der Waals surface area contributed by atoms with Crippen LogP contribution in [-0.2, 0) is 0 Å². The molecule has 0 unspecified atom stereocenters. The lowest BCUT2D eigenvalue weighted by atomic mass is 9.72. The van der Waals surface area contributed by atoms with E-state index < -0.39 is 0 Å². The van der Waals surface area contributed by atoms with Gasteiger partial charge in [-0.3, -0.25) is 0 Å². The molecule has 0 aliphatic heterocycles. The highest BCUT2D eigenvalue weighted by Gasteiger charge is 2.25. The molecule has 0 radical (unpaired) electrons. The summed E-state index contributed by atoms with van der Waals surface area (Å²) in [6.45, 7) is 14.0. The van der Waals surface area contributed by atoms with E-state index in [1.807, 2.05) is 0 Å². The Morgan fingerprint density at radius 2 is 1.50 bits per heavy atom. The minimum absolute atomic E-state index is 0.522. The maximum Gasteiger partial charge on any atom is -0.0329 e. The van der Waals surface area contributed by atoms with Gasteiger partial charge in [-0.15, -0.1) is 0 Å². The Morgan fingerprint density at radius 1 is 1.10 bits per heavy atom. The fraction of sp³-hybridized carbons (Fsp3) is 1.00. The van der Waals surface area contributed by atoms with Gasteiger partial charge in [0.05, 0.1) is 0 Å². The van der Waals surface area contributed by atoms with E-state index in [-0.39, 0.29) is 0 Å². The summed E-state index contributed by atoms with van der Waals surface area (Å²) in [5.74, 6) is 1.65. The van der Waals surface area contributed by atoms with Crippen molar-refractivity contribution in [1.82, 2.24) is 0 Å². The predicted molar refractivity (Wildman–Crippen MR) is 48.1 cm³/mol. The molecule has 0 aromatic rings. The van der Waals surface area contributed by atoms with E-state index in [0.29, 0.717) is 5.41 Å². The van der Waals surface area contributed by atoms with Crippen molar-refractivity contribution in [3.63, 3.8) is 0 Å². The van der Waals surface area contributed by atoms with Gasteiger partial charge in [0.2, 0.25) is 0 Å². The predicted octanol–water partition coefficient (Wildman–Crippen LogP) is 3.71. The van der Waals surface area contributed by atoms with Crippen LogP contribution in [0.5, 0.6) is 0 Å². The molecule has 0 spiro atoms. The standard InChI is InChI=1S/C10H22/c1-7-10(5,6)9(4)8(2)3/h8-9H,7H2,1-6H3/t9-/m1/s1. The molecule has 0 N–H and O–H groups in total. The third kappa shape index (κ3) is 2.32. The van der Waals surface area contributed by atoms with Gasteiger partial charge in [0.1, 0.15) is 0 Å². The highest BCUT2D eigenvalue weighted by atomic mass is 14.3. The summed E-state index contributed by atoms with van der Waals surface area (Å²) in [4.78, 5) is 0. The van der Waals surface area contributed by atoms with Crippen molar-refractivity contribution < 1.29 is 0 Å². The Labute approximate surface area is 66.0 Å². The van der Waals surface area contributed by atoms with Crippen LogP contribution in [0.4, 0.5) is 0 Å². The first-order chi connectivity index (χ1) is 4.41. The fourth-order valence-corrected chi connectivity index (χ4v) is 1.22. The second kappa shape index (κ2) is 3.41. The highest BCUT2D eigenvalue weighted by Crippen LogP contribution is 2.34. The lowest BCUT2D eigenvalue weighted by Crippen LogP contribution is -2.24. The second-order valence-electron chi connectivity index (χ2n) is 4.37. The molecule has 0 heterocycles. The Balaban J connectivity index is 4.03. The molecule has 0 rings (SSSR count). The summed E-state index contributed by atoms with van der Waals surface area (Å²) in [6.07, 6.45) is 1.28. The van der Waals surface area contributed by atoms with Gasteiger partial charge in [-0.2, -0.15) is 0 Å². The molecule has 0 aromatic carbocycles. The normalized spacial score (nSPS) is 15.9. The van der Waals surface area contributed by atoms with E-state index >= 15 is 0 Å². The van der Waals surface area contributed by atoms with Crippen LogP contribution in [-0.4, -0.2) is 0 Å². The Kier molecular flexibility index (Phi) is 3.41. The molecule has 0 aromatic heterocycles. The highest BCUT2D eigenvalue weighted by molar-refractivity contribution is 4.75. The van der Waals surface area contributed by atoms with Crippen LogP contribution < -0.4 is 0 Å². The first-order valence-electron chi connectivity index (χ1n) is 4.41. The molecular weight excluding hydrogens is 120 g/mol. The van der Waals surface area contributed by atoms with Crippen molar-refractivity contribution in [3.05, 3.63) is 0 Å². The second-order valence-corrected chi connectivity index (χ2v) is 4.37. The Morgan fingerprint density at radius 3 is 1.60 bits per heavy atom. The molecule has 0 saturated heterocycles. The monoisotopic (exact) mass is 142 g/mol. The van der Waals surface area contributed by atoms with Crippen molar-refractivity contribution in [2.45, 2.75) is 48.0 Å². The van der Waals surface area contributed by atoms with Gasteiger partial charge < -0.3 is 0 Å². The van der Waals surface area contributed by atoms with Crippen LogP contribution in [0.1, 0.15) is 48.0 Å². The first kappa shape index (κ1) is 10.0. The largest absolute Gasteiger partial charge is 0.0649 e. The molecule has 10 heavy (non-hydrogen) atoms. The van der Waals surface area contributed by atoms with Crippen LogP contribution >= 0.6 is 0 Å². The Bertz CT molecular complexity index is 90.2. The van der Waals surface area contributed by atoms with Gasteiger partial charge in [-0.1, -0.05) is 48.0 Å². The van der Waals surface area contributed by atoms with Gasteiger partial charge in [0.15, 0.2) is 0 Å². The average Bonchev–Trinajstić information content (AvgIpc) is 1.86. The number of hydrogen-bond acceptors (Lipinski definition) is 0. The molecule has 0 aliphatic carbocycles. The van der Waals surface area contributed by atoms with E-state index in [1.165, 1.54) is 6.42 Å². The molecule has 0 amide bonds. The van der Waals surface area contributed by atoms with E-state index in [4.69, 9.17) is 0 Å². The third-order valence-corrected chi connectivity index (χ3v) is 3.14. The van der Waals surface area contributed by atoms with Crippen LogP contribution in [0, 0.1) is 17.3 Å². The zero-order chi connectivity index (χ0) is 8.36. The van der Waals surface area contributed by atoms with E-state index in [0.717, 1.165) is 11.8 Å². The maximum absolute atomic E-state index is 2.36. The van der Waals surface area contributed by atoms with Crippen molar-refractivity contribution in [3.8, 4) is 0 Å². The van der Waals surface area contributed by atoms with Crippen LogP contribution in [0.2, 0.25) is 0 Å². The van der Waals surface area contributed by atoms with E-state index in [2.05, 4.69) is 41.5 Å². The molecule has 0 aliphatic rings. The summed E-state index contributed by atoms with van der Waals surface area (Å²) in [6, 6.07) is 0. The molecule has 0 heteroatoms. The number of hydrogen-bond donors (Lipinski definition) is 0. The molecule has 0 bridgehead atoms. The van der Waals surface area contributed by atoms with E-state index in [9.17, 15) is 0 Å². The topological polar surface area (TPSA) is 0 Å². The maximum atomic E-state index is 2.36. The first-order valence-corrected chi connectivity index (χ1v) is 4.41. The smallest absolute Gasteiger partial charge is 0.0329 e. The molecule has 0 saturated carbocycles. The van der Waals surface area contributed by atoms with Crippen molar-refractivity contribution in [1.29, 1.82) is 0 Å². The zero-order valence-corrected chi connectivity index (χ0v) is 8.36. The lowest BCUT2D eigenvalue weighted by Gasteiger charge is -2.33. The molecule has 1 atom stereocenters. The van der Waals surface area contributed by atoms with Gasteiger partial charge >= 0.3 is 0 Å². The van der Waals surface area contributed by atoms with Gasteiger partial charge in [-0.05, 0) is 17.3 Å². The van der Waals surface area contributed by atoms with Crippen molar-refractivity contribution in [2.75, 3.05) is 0 Å². The van der Waals surface area contributed by atoms with Crippen LogP contribution in [0.25, 0.3) is 0 Å². The lowest BCUT2D eigenvalue weighted by molar-refractivity contribution is 0.168. The average molecular weight is 142 g/mol. The van der Waals surface area contributed by atoms with Crippen LogP contribution in [0.3, 0.4) is 0 Å². The molecule has 62 valence electrons. The van der Waals surface area contributed by atoms with Crippen LogP contribution in [0.15, 0.2) is 0 Å². The van der Waals surface area contributed by atoms with Crippen molar-refractivity contribution in [2.24, 2.45) is 17.3 Å². The van der Waals surface area contributed by atoms with E-state index in [1.54, 1.807) is 0 Å². The zero-order valence-electron chi connectivity index (χ0n) is 8.36. The Hall–Kier alpha value is 0. The van der Waals surface area contributed by atoms with Crippen molar-refractivity contribution >= 4 is 0 Å². The molecule has 0 fully saturated rings. The summed E-state index contributed by atoms with van der Waals surface area (Å²) >= 11 is 0. The minimum atomic E-state index is 0.522. The number of rotatable bonds is 3. The summed E-state index contributed by atoms with van der Waals surface area (Å²) in [5, 5.41) is 0. The quantitative estimate of drug-likeness (QED) is 0.563. The summed E-state index contributed by atoms with van der Waals surface area (Å²) in [5.41, 5.74) is 0.522. The fourth-order valence-electron chi connectivity index (χ4n) is 1.22. The third-order valence-electron chi connectivity index (χ3n) is 3.14.